The zero-order valence-corrected chi connectivity index (χ0v) is 16.5. The van der Waals surface area contributed by atoms with Crippen molar-refractivity contribution >= 4 is 34.8 Å². The van der Waals surface area contributed by atoms with Crippen LogP contribution in [-0.2, 0) is 4.79 Å². The molecule has 2 aromatic rings. The number of hydrogen-bond acceptors (Lipinski definition) is 3. The van der Waals surface area contributed by atoms with Crippen LogP contribution < -0.4 is 0 Å². The summed E-state index contributed by atoms with van der Waals surface area (Å²) < 4.78 is 0. The third-order valence-corrected chi connectivity index (χ3v) is 5.74. The van der Waals surface area contributed by atoms with Gasteiger partial charge < -0.3 is 0 Å². The zero-order valence-electron chi connectivity index (χ0n) is 14.9. The molecule has 4 nitrogen and oxygen atoms in total. The summed E-state index contributed by atoms with van der Waals surface area (Å²) in [6.45, 7) is 2.36. The molecule has 6 heteroatoms. The Bertz CT molecular complexity index is 860. The van der Waals surface area contributed by atoms with Crippen molar-refractivity contribution in [3.05, 3.63) is 69.7 Å². The van der Waals surface area contributed by atoms with Gasteiger partial charge in [-0.1, -0.05) is 53.5 Å². The van der Waals surface area contributed by atoms with E-state index < -0.39 is 0 Å². The van der Waals surface area contributed by atoms with Crippen LogP contribution in [0.2, 0.25) is 10.0 Å². The summed E-state index contributed by atoms with van der Waals surface area (Å²) in [4.78, 5) is 15.2. The molecule has 4 rings (SSSR count). The Balaban J connectivity index is 1.64. The summed E-state index contributed by atoms with van der Waals surface area (Å²) in [5.41, 5.74) is 2.75. The van der Waals surface area contributed by atoms with Crippen molar-refractivity contribution in [3.63, 3.8) is 0 Å². The number of nitrogens with zero attached hydrogens (tertiary/aromatic N) is 3. The molecular weight excluding hydrogens is 381 g/mol. The molecule has 0 radical (unpaired) electrons. The highest BCUT2D eigenvalue weighted by Crippen LogP contribution is 2.35. The Kier molecular flexibility index (Phi) is 5.48. The molecule has 0 spiro atoms. The van der Waals surface area contributed by atoms with E-state index in [4.69, 9.17) is 28.3 Å². The van der Waals surface area contributed by atoms with Gasteiger partial charge in [-0.05, 0) is 49.7 Å². The van der Waals surface area contributed by atoms with Crippen LogP contribution in [0.25, 0.3) is 0 Å². The fourth-order valence-electron chi connectivity index (χ4n) is 3.75. The number of likely N-dealkylation sites (tertiary alicyclic amines) is 1. The van der Waals surface area contributed by atoms with Crippen LogP contribution in [-0.4, -0.2) is 41.2 Å². The summed E-state index contributed by atoms with van der Waals surface area (Å²) in [5.74, 6) is 0.0268. The van der Waals surface area contributed by atoms with Crippen LogP contribution in [0.4, 0.5) is 0 Å². The van der Waals surface area contributed by atoms with Gasteiger partial charge in [0.25, 0.3) is 5.91 Å². The van der Waals surface area contributed by atoms with Crippen LogP contribution in [0.5, 0.6) is 0 Å². The van der Waals surface area contributed by atoms with Crippen LogP contribution in [0.3, 0.4) is 0 Å². The number of amides is 1. The van der Waals surface area contributed by atoms with Gasteiger partial charge >= 0.3 is 0 Å². The summed E-state index contributed by atoms with van der Waals surface area (Å²) in [5, 5.41) is 7.67. The minimum absolute atomic E-state index is 0.0268. The Hall–Kier alpha value is -1.88. The molecule has 2 heterocycles. The lowest BCUT2D eigenvalue weighted by molar-refractivity contribution is -0.134. The molecule has 0 aliphatic carbocycles. The second kappa shape index (κ2) is 8.01. The van der Waals surface area contributed by atoms with Crippen molar-refractivity contribution < 1.29 is 4.79 Å². The lowest BCUT2D eigenvalue weighted by Crippen LogP contribution is -2.36. The Labute approximate surface area is 169 Å². The minimum atomic E-state index is -0.136. The first kappa shape index (κ1) is 18.5. The SMILES string of the molecule is O=C(CN1CCCC1)N1N=C(c2ccccc2Cl)CC1c1ccc(Cl)cc1. The van der Waals surface area contributed by atoms with Gasteiger partial charge in [0.1, 0.15) is 0 Å². The minimum Gasteiger partial charge on any atom is -0.294 e. The van der Waals surface area contributed by atoms with Crippen molar-refractivity contribution in [2.75, 3.05) is 19.6 Å². The molecule has 2 aliphatic heterocycles. The van der Waals surface area contributed by atoms with Gasteiger partial charge in [-0.2, -0.15) is 5.10 Å². The molecular formula is C21H21Cl2N3O. The van der Waals surface area contributed by atoms with E-state index >= 15 is 0 Å². The van der Waals surface area contributed by atoms with Crippen molar-refractivity contribution in [1.82, 2.24) is 9.91 Å². The average molecular weight is 402 g/mol. The maximum Gasteiger partial charge on any atom is 0.257 e. The quantitative estimate of drug-likeness (QED) is 0.739. The topological polar surface area (TPSA) is 35.9 Å². The number of hydrazone groups is 1. The van der Waals surface area contributed by atoms with Gasteiger partial charge in [-0.25, -0.2) is 5.01 Å². The molecule has 1 fully saturated rings. The van der Waals surface area contributed by atoms with E-state index in [1.807, 2.05) is 48.5 Å². The largest absolute Gasteiger partial charge is 0.294 e. The average Bonchev–Trinajstić information content (AvgIpc) is 3.32. The number of carbonyl (C=O) groups is 1. The second-order valence-corrected chi connectivity index (χ2v) is 7.86. The monoisotopic (exact) mass is 401 g/mol. The lowest BCUT2D eigenvalue weighted by atomic mass is 9.98. The predicted octanol–water partition coefficient (Wildman–Crippen LogP) is 4.77. The van der Waals surface area contributed by atoms with E-state index in [-0.39, 0.29) is 11.9 Å². The van der Waals surface area contributed by atoms with E-state index in [0.29, 0.717) is 23.0 Å². The van der Waals surface area contributed by atoms with Crippen molar-refractivity contribution in [2.24, 2.45) is 5.10 Å². The molecule has 0 saturated carbocycles. The van der Waals surface area contributed by atoms with E-state index in [9.17, 15) is 4.79 Å². The molecule has 0 aromatic heterocycles. The highest BCUT2D eigenvalue weighted by atomic mass is 35.5. The van der Waals surface area contributed by atoms with Gasteiger partial charge in [-0.3, -0.25) is 9.69 Å². The van der Waals surface area contributed by atoms with Gasteiger partial charge in [0.05, 0.1) is 18.3 Å². The van der Waals surface area contributed by atoms with Gasteiger partial charge in [0, 0.05) is 22.0 Å². The fraction of sp³-hybridized carbons (Fsp3) is 0.333. The molecule has 2 aromatic carbocycles. The first-order chi connectivity index (χ1) is 13.1. The van der Waals surface area contributed by atoms with Gasteiger partial charge in [0.2, 0.25) is 0 Å². The molecule has 27 heavy (non-hydrogen) atoms. The van der Waals surface area contributed by atoms with Crippen molar-refractivity contribution in [1.29, 1.82) is 0 Å². The van der Waals surface area contributed by atoms with Crippen LogP contribution in [0.15, 0.2) is 53.6 Å². The van der Waals surface area contributed by atoms with E-state index in [0.717, 1.165) is 42.8 Å². The molecule has 0 N–H and O–H groups in total. The predicted molar refractivity (Wildman–Crippen MR) is 109 cm³/mol. The molecule has 1 atom stereocenters. The normalized spacial score (nSPS) is 20.1. The standard InChI is InChI=1S/C21H21Cl2N3O/c22-16-9-7-15(8-10-16)20-13-19(17-5-1-2-6-18(17)23)24-26(20)21(27)14-25-11-3-4-12-25/h1-2,5-10,20H,3-4,11-14H2. The highest BCUT2D eigenvalue weighted by molar-refractivity contribution is 6.34. The number of halogens is 2. The number of hydrogen-bond donors (Lipinski definition) is 0. The van der Waals surface area contributed by atoms with E-state index in [1.54, 1.807) is 5.01 Å². The number of carbonyl (C=O) groups excluding carboxylic acids is 1. The third-order valence-electron chi connectivity index (χ3n) is 5.16. The van der Waals surface area contributed by atoms with Crippen molar-refractivity contribution in [3.8, 4) is 0 Å². The molecule has 2 aliphatic rings. The Morgan fingerprint density at radius 2 is 1.74 bits per heavy atom. The highest BCUT2D eigenvalue weighted by Gasteiger charge is 2.34. The van der Waals surface area contributed by atoms with Crippen LogP contribution in [0.1, 0.15) is 36.4 Å². The zero-order chi connectivity index (χ0) is 18.8. The maximum atomic E-state index is 13.0. The Morgan fingerprint density at radius 1 is 1.04 bits per heavy atom. The summed E-state index contributed by atoms with van der Waals surface area (Å²) >= 11 is 12.4. The molecule has 0 bridgehead atoms. The molecule has 1 unspecified atom stereocenters. The van der Waals surface area contributed by atoms with Gasteiger partial charge in [-0.15, -0.1) is 0 Å². The first-order valence-electron chi connectivity index (χ1n) is 9.24. The number of benzene rings is 2. The summed E-state index contributed by atoms with van der Waals surface area (Å²) in [7, 11) is 0. The molecule has 140 valence electrons. The van der Waals surface area contributed by atoms with Crippen LogP contribution >= 0.6 is 23.2 Å². The van der Waals surface area contributed by atoms with Crippen LogP contribution in [0, 0.1) is 0 Å². The molecule has 1 amide bonds. The second-order valence-electron chi connectivity index (χ2n) is 7.02. The molecule has 1 saturated heterocycles. The smallest absolute Gasteiger partial charge is 0.257 e. The fourth-order valence-corrected chi connectivity index (χ4v) is 4.12. The van der Waals surface area contributed by atoms with E-state index in [1.165, 1.54) is 0 Å². The number of rotatable bonds is 4. The lowest BCUT2D eigenvalue weighted by Gasteiger charge is -2.24. The first-order valence-corrected chi connectivity index (χ1v) is 9.99. The Morgan fingerprint density at radius 3 is 2.44 bits per heavy atom. The van der Waals surface area contributed by atoms with E-state index in [2.05, 4.69) is 4.90 Å². The summed E-state index contributed by atoms with van der Waals surface area (Å²) in [6, 6.07) is 15.1. The summed E-state index contributed by atoms with van der Waals surface area (Å²) in [6.07, 6.45) is 2.95. The van der Waals surface area contributed by atoms with Crippen molar-refractivity contribution in [2.45, 2.75) is 25.3 Å². The third kappa shape index (κ3) is 4.03. The maximum absolute atomic E-state index is 13.0. The van der Waals surface area contributed by atoms with Gasteiger partial charge in [0.15, 0.2) is 0 Å².